The predicted molar refractivity (Wildman–Crippen MR) is 55.0 cm³/mol. The highest BCUT2D eigenvalue weighted by Gasteiger charge is 2.10. The monoisotopic (exact) mass is 175 g/mol. The van der Waals surface area contributed by atoms with E-state index in [0.29, 0.717) is 5.57 Å². The second-order valence-electron chi connectivity index (χ2n) is 2.74. The molecule has 0 atom stereocenters. The van der Waals surface area contributed by atoms with E-state index in [1.807, 2.05) is 12.2 Å². The topological polar surface area (TPSA) is 29.4 Å². The third-order valence-electron chi connectivity index (χ3n) is 1.87. The molecule has 1 aliphatic carbocycles. The number of carbonyl (C=O) groups excluding carboxylic acids is 1. The molecule has 2 heteroatoms. The van der Waals surface area contributed by atoms with Crippen LogP contribution in [0, 0.1) is 0 Å². The highest BCUT2D eigenvalue weighted by Crippen LogP contribution is 2.14. The number of hydrogen-bond donors (Lipinski definition) is 0. The lowest BCUT2D eigenvalue weighted by atomic mass is 9.97. The normalized spacial score (nSPS) is 22.2. The van der Waals surface area contributed by atoms with Crippen LogP contribution < -0.4 is 0 Å². The number of rotatable bonds is 2. The van der Waals surface area contributed by atoms with Gasteiger partial charge in [-0.25, -0.2) is 0 Å². The standard InChI is InChI=1S/C11H13NO/c1-3-5-9-6-4-7-10(8-13)11(9)12-2/h4-8H,3H2,1-2H3/b9-5-,12-11?. The van der Waals surface area contributed by atoms with E-state index >= 15 is 0 Å². The van der Waals surface area contributed by atoms with Gasteiger partial charge in [0.25, 0.3) is 0 Å². The summed E-state index contributed by atoms with van der Waals surface area (Å²) in [7, 11) is 1.70. The first-order chi connectivity index (χ1) is 6.33. The third kappa shape index (κ3) is 2.02. The number of allylic oxidation sites excluding steroid dienone is 6. The van der Waals surface area contributed by atoms with Crippen LogP contribution in [0.15, 0.2) is 40.4 Å². The Hall–Kier alpha value is -1.44. The first-order valence-corrected chi connectivity index (χ1v) is 4.34. The van der Waals surface area contributed by atoms with E-state index in [9.17, 15) is 4.79 Å². The van der Waals surface area contributed by atoms with Crippen molar-refractivity contribution in [2.24, 2.45) is 4.99 Å². The summed E-state index contributed by atoms with van der Waals surface area (Å²) < 4.78 is 0. The summed E-state index contributed by atoms with van der Waals surface area (Å²) in [6.07, 6.45) is 9.48. The molecule has 1 aliphatic rings. The van der Waals surface area contributed by atoms with Gasteiger partial charge in [0.1, 0.15) is 0 Å². The maximum atomic E-state index is 10.7. The highest BCUT2D eigenvalue weighted by atomic mass is 16.1. The lowest BCUT2D eigenvalue weighted by Crippen LogP contribution is -2.09. The average Bonchev–Trinajstić information content (AvgIpc) is 2.18. The molecule has 0 saturated carbocycles. The Kier molecular flexibility index (Phi) is 3.38. The molecule has 0 fully saturated rings. The molecule has 0 aromatic rings. The minimum absolute atomic E-state index is 0.657. The summed E-state index contributed by atoms with van der Waals surface area (Å²) in [4.78, 5) is 14.8. The Balaban J connectivity index is 3.08. The van der Waals surface area contributed by atoms with Gasteiger partial charge in [0.05, 0.1) is 5.71 Å². The number of hydrogen-bond acceptors (Lipinski definition) is 2. The fraction of sp³-hybridized carbons (Fsp3) is 0.273. The first kappa shape index (κ1) is 9.65. The van der Waals surface area contributed by atoms with Crippen molar-refractivity contribution in [1.29, 1.82) is 0 Å². The average molecular weight is 175 g/mol. The predicted octanol–water partition coefficient (Wildman–Crippen LogP) is 2.09. The van der Waals surface area contributed by atoms with Crippen molar-refractivity contribution in [3.63, 3.8) is 0 Å². The number of nitrogens with zero attached hydrogens (tertiary/aromatic N) is 1. The molecule has 1 rings (SSSR count). The van der Waals surface area contributed by atoms with Crippen LogP contribution in [-0.2, 0) is 4.79 Å². The molecule has 0 saturated heterocycles. The van der Waals surface area contributed by atoms with Gasteiger partial charge in [-0.2, -0.15) is 0 Å². The summed E-state index contributed by atoms with van der Waals surface area (Å²) in [5.41, 5.74) is 2.48. The fourth-order valence-corrected chi connectivity index (χ4v) is 1.32. The minimum atomic E-state index is 0.657. The first-order valence-electron chi connectivity index (χ1n) is 4.34. The van der Waals surface area contributed by atoms with Crippen molar-refractivity contribution in [2.45, 2.75) is 13.3 Å². The number of aliphatic imine (C=N–C) groups is 1. The van der Waals surface area contributed by atoms with Gasteiger partial charge in [0.15, 0.2) is 6.29 Å². The Morgan fingerprint density at radius 3 is 2.85 bits per heavy atom. The summed E-state index contributed by atoms with van der Waals surface area (Å²) in [5.74, 6) is 0. The molecule has 0 unspecified atom stereocenters. The number of carbonyl (C=O) groups is 1. The Bertz CT molecular complexity index is 319. The molecule has 0 spiro atoms. The Morgan fingerprint density at radius 1 is 1.54 bits per heavy atom. The van der Waals surface area contributed by atoms with Gasteiger partial charge in [0, 0.05) is 12.6 Å². The SMILES string of the molecule is CC/C=C1/C=CC=C(C=O)C1=NC. The summed E-state index contributed by atoms with van der Waals surface area (Å²) in [5, 5.41) is 0. The minimum Gasteiger partial charge on any atom is -0.298 e. The fourth-order valence-electron chi connectivity index (χ4n) is 1.32. The smallest absolute Gasteiger partial charge is 0.152 e. The molecule has 0 aromatic carbocycles. The molecule has 0 amide bonds. The van der Waals surface area contributed by atoms with Gasteiger partial charge in [-0.15, -0.1) is 0 Å². The second-order valence-corrected chi connectivity index (χ2v) is 2.74. The van der Waals surface area contributed by atoms with Crippen LogP contribution in [-0.4, -0.2) is 19.0 Å². The van der Waals surface area contributed by atoms with Gasteiger partial charge >= 0.3 is 0 Å². The van der Waals surface area contributed by atoms with Crippen molar-refractivity contribution in [3.8, 4) is 0 Å². The zero-order chi connectivity index (χ0) is 9.68. The van der Waals surface area contributed by atoms with E-state index in [0.717, 1.165) is 24.0 Å². The highest BCUT2D eigenvalue weighted by molar-refractivity contribution is 6.25. The molecule has 68 valence electrons. The van der Waals surface area contributed by atoms with Gasteiger partial charge in [-0.3, -0.25) is 9.79 Å². The molecular formula is C11H13NO. The zero-order valence-corrected chi connectivity index (χ0v) is 7.95. The van der Waals surface area contributed by atoms with Crippen molar-refractivity contribution in [1.82, 2.24) is 0 Å². The van der Waals surface area contributed by atoms with Crippen molar-refractivity contribution < 1.29 is 4.79 Å². The molecule has 13 heavy (non-hydrogen) atoms. The molecular weight excluding hydrogens is 162 g/mol. The second kappa shape index (κ2) is 4.55. The van der Waals surface area contributed by atoms with E-state index in [2.05, 4.69) is 18.0 Å². The molecule has 0 bridgehead atoms. The molecule has 0 radical (unpaired) electrons. The van der Waals surface area contributed by atoms with Crippen LogP contribution in [0.3, 0.4) is 0 Å². The van der Waals surface area contributed by atoms with Crippen molar-refractivity contribution in [2.75, 3.05) is 7.05 Å². The summed E-state index contributed by atoms with van der Waals surface area (Å²) in [6, 6.07) is 0. The van der Waals surface area contributed by atoms with Gasteiger partial charge in [-0.1, -0.05) is 25.2 Å². The van der Waals surface area contributed by atoms with Crippen LogP contribution in [0.25, 0.3) is 0 Å². The van der Waals surface area contributed by atoms with Crippen molar-refractivity contribution >= 4 is 12.0 Å². The van der Waals surface area contributed by atoms with Crippen LogP contribution in [0.4, 0.5) is 0 Å². The van der Waals surface area contributed by atoms with Crippen LogP contribution in [0.2, 0.25) is 0 Å². The van der Waals surface area contributed by atoms with E-state index in [1.165, 1.54) is 0 Å². The summed E-state index contributed by atoms with van der Waals surface area (Å²) in [6.45, 7) is 2.06. The zero-order valence-electron chi connectivity index (χ0n) is 7.95. The Morgan fingerprint density at radius 2 is 2.31 bits per heavy atom. The van der Waals surface area contributed by atoms with Crippen molar-refractivity contribution in [3.05, 3.63) is 35.5 Å². The molecule has 0 heterocycles. The lowest BCUT2D eigenvalue weighted by molar-refractivity contribution is -0.104. The third-order valence-corrected chi connectivity index (χ3v) is 1.87. The van der Waals surface area contributed by atoms with E-state index in [-0.39, 0.29) is 0 Å². The molecule has 0 aliphatic heterocycles. The largest absolute Gasteiger partial charge is 0.298 e. The molecule has 2 nitrogen and oxygen atoms in total. The van der Waals surface area contributed by atoms with Gasteiger partial charge < -0.3 is 0 Å². The van der Waals surface area contributed by atoms with Crippen LogP contribution in [0.1, 0.15) is 13.3 Å². The van der Waals surface area contributed by atoms with Crippen LogP contribution in [0.5, 0.6) is 0 Å². The van der Waals surface area contributed by atoms with E-state index < -0.39 is 0 Å². The van der Waals surface area contributed by atoms with Crippen LogP contribution >= 0.6 is 0 Å². The maximum Gasteiger partial charge on any atom is 0.152 e. The van der Waals surface area contributed by atoms with E-state index in [4.69, 9.17) is 0 Å². The maximum absolute atomic E-state index is 10.7. The van der Waals surface area contributed by atoms with Gasteiger partial charge in [0.2, 0.25) is 0 Å². The lowest BCUT2D eigenvalue weighted by Gasteiger charge is -2.09. The number of aldehydes is 1. The molecule has 0 N–H and O–H groups in total. The Labute approximate surface area is 78.4 Å². The quantitative estimate of drug-likeness (QED) is 0.591. The van der Waals surface area contributed by atoms with Gasteiger partial charge in [-0.05, 0) is 18.1 Å². The van der Waals surface area contributed by atoms with E-state index in [1.54, 1.807) is 13.1 Å². The molecule has 0 aromatic heterocycles. The summed E-state index contributed by atoms with van der Waals surface area (Å²) >= 11 is 0.